The molecule has 0 radical (unpaired) electrons. The maximum atomic E-state index is 11.8. The van der Waals surface area contributed by atoms with Gasteiger partial charge in [-0.3, -0.25) is 4.79 Å². The minimum absolute atomic E-state index is 0.280. The molecule has 1 aliphatic rings. The van der Waals surface area contributed by atoms with E-state index in [1.165, 1.54) is 16.9 Å². The van der Waals surface area contributed by atoms with Crippen LogP contribution in [0.25, 0.3) is 0 Å². The zero-order chi connectivity index (χ0) is 9.97. The predicted molar refractivity (Wildman–Crippen MR) is 59.9 cm³/mol. The van der Waals surface area contributed by atoms with Crippen LogP contribution in [0.5, 0.6) is 0 Å². The number of Topliss-reactive ketones (excluding diaryl/α,β-unsaturated/α-hetero) is 1. The Morgan fingerprint density at radius 3 is 3.00 bits per heavy atom. The van der Waals surface area contributed by atoms with Crippen molar-refractivity contribution in [3.8, 4) is 0 Å². The van der Waals surface area contributed by atoms with E-state index in [9.17, 15) is 4.79 Å². The molecule has 1 aliphatic carbocycles. The molecule has 2 heteroatoms. The van der Waals surface area contributed by atoms with Crippen molar-refractivity contribution in [2.24, 2.45) is 0 Å². The van der Waals surface area contributed by atoms with E-state index in [-0.39, 0.29) is 5.78 Å². The first-order chi connectivity index (χ1) is 6.75. The Labute approximate surface area is 88.5 Å². The number of thiophene rings is 1. The van der Waals surface area contributed by atoms with Crippen LogP contribution in [0, 0.1) is 6.92 Å². The molecular weight excluding hydrogens is 192 g/mol. The van der Waals surface area contributed by atoms with E-state index in [1.54, 1.807) is 11.3 Å². The van der Waals surface area contributed by atoms with Crippen LogP contribution in [0.15, 0.2) is 23.1 Å². The molecule has 14 heavy (non-hydrogen) atoms. The Balaban J connectivity index is 2.02. The van der Waals surface area contributed by atoms with Gasteiger partial charge in [0.15, 0.2) is 5.78 Å². The first-order valence-corrected chi connectivity index (χ1v) is 5.90. The van der Waals surface area contributed by atoms with Crippen molar-refractivity contribution >= 4 is 17.1 Å². The molecule has 0 aromatic carbocycles. The third-order valence-corrected chi connectivity index (χ3v) is 3.44. The third-order valence-electron chi connectivity index (χ3n) is 2.58. The highest BCUT2D eigenvalue weighted by atomic mass is 32.1. The van der Waals surface area contributed by atoms with Crippen molar-refractivity contribution in [2.75, 3.05) is 0 Å². The summed E-state index contributed by atoms with van der Waals surface area (Å²) in [6, 6.07) is 1.99. The summed E-state index contributed by atoms with van der Waals surface area (Å²) in [5, 5.41) is 1.97. The van der Waals surface area contributed by atoms with Crippen molar-refractivity contribution in [2.45, 2.75) is 32.6 Å². The van der Waals surface area contributed by atoms with Crippen molar-refractivity contribution < 1.29 is 4.79 Å². The monoisotopic (exact) mass is 206 g/mol. The SMILES string of the molecule is Cc1cc(C(=O)CC2=CCCC2)cs1. The highest BCUT2D eigenvalue weighted by Crippen LogP contribution is 2.23. The van der Waals surface area contributed by atoms with Crippen LogP contribution >= 0.6 is 11.3 Å². The minimum atomic E-state index is 0.280. The van der Waals surface area contributed by atoms with E-state index >= 15 is 0 Å². The highest BCUT2D eigenvalue weighted by Gasteiger charge is 2.12. The number of allylic oxidation sites excluding steroid dienone is 2. The minimum Gasteiger partial charge on any atom is -0.294 e. The quantitative estimate of drug-likeness (QED) is 0.544. The summed E-state index contributed by atoms with van der Waals surface area (Å²) >= 11 is 1.65. The van der Waals surface area contributed by atoms with Gasteiger partial charge in [0.05, 0.1) is 0 Å². The number of ketones is 1. The maximum Gasteiger partial charge on any atom is 0.167 e. The van der Waals surface area contributed by atoms with E-state index in [4.69, 9.17) is 0 Å². The first kappa shape index (κ1) is 9.66. The molecule has 0 fully saturated rings. The van der Waals surface area contributed by atoms with Crippen LogP contribution in [0.1, 0.15) is 40.9 Å². The van der Waals surface area contributed by atoms with Gasteiger partial charge in [0, 0.05) is 22.2 Å². The molecule has 0 aliphatic heterocycles. The molecule has 2 rings (SSSR count). The van der Waals surface area contributed by atoms with E-state index in [2.05, 4.69) is 6.08 Å². The summed E-state index contributed by atoms with van der Waals surface area (Å²) in [7, 11) is 0. The average Bonchev–Trinajstić information content (AvgIpc) is 2.75. The molecule has 0 saturated carbocycles. The molecule has 0 amide bonds. The van der Waals surface area contributed by atoms with Gasteiger partial charge in [-0.15, -0.1) is 11.3 Å². The number of rotatable bonds is 3. The molecule has 1 heterocycles. The number of carbonyl (C=O) groups is 1. The van der Waals surface area contributed by atoms with E-state index in [1.807, 2.05) is 18.4 Å². The molecule has 0 atom stereocenters. The Morgan fingerprint density at radius 1 is 1.57 bits per heavy atom. The third kappa shape index (κ3) is 2.13. The van der Waals surface area contributed by atoms with Crippen molar-refractivity contribution in [1.29, 1.82) is 0 Å². The lowest BCUT2D eigenvalue weighted by Crippen LogP contribution is -1.97. The van der Waals surface area contributed by atoms with Gasteiger partial charge in [0.2, 0.25) is 0 Å². The topological polar surface area (TPSA) is 17.1 Å². The Kier molecular flexibility index (Phi) is 2.82. The summed E-state index contributed by atoms with van der Waals surface area (Å²) in [5.41, 5.74) is 2.22. The Morgan fingerprint density at radius 2 is 2.43 bits per heavy atom. The van der Waals surface area contributed by atoms with Crippen LogP contribution in [0.2, 0.25) is 0 Å². The molecule has 0 saturated heterocycles. The standard InChI is InChI=1S/C12H14OS/c1-9-6-11(8-14-9)12(13)7-10-4-2-3-5-10/h4,6,8H,2-3,5,7H2,1H3. The zero-order valence-corrected chi connectivity index (χ0v) is 9.19. The number of hydrogen-bond acceptors (Lipinski definition) is 2. The van der Waals surface area contributed by atoms with Crippen LogP contribution in [-0.2, 0) is 0 Å². The second-order valence-electron chi connectivity index (χ2n) is 3.80. The largest absolute Gasteiger partial charge is 0.294 e. The number of hydrogen-bond donors (Lipinski definition) is 0. The molecule has 0 N–H and O–H groups in total. The van der Waals surface area contributed by atoms with Gasteiger partial charge in [-0.1, -0.05) is 11.6 Å². The fraction of sp³-hybridized carbons (Fsp3) is 0.417. The highest BCUT2D eigenvalue weighted by molar-refractivity contribution is 7.10. The Bertz CT molecular complexity index is 373. The molecule has 0 unspecified atom stereocenters. The summed E-state index contributed by atoms with van der Waals surface area (Å²) in [6.45, 7) is 2.04. The van der Waals surface area contributed by atoms with E-state index in [0.29, 0.717) is 6.42 Å². The molecule has 1 aromatic rings. The van der Waals surface area contributed by atoms with Crippen LogP contribution in [0.4, 0.5) is 0 Å². The fourth-order valence-corrected chi connectivity index (χ4v) is 2.50. The molecule has 1 aromatic heterocycles. The lowest BCUT2D eigenvalue weighted by molar-refractivity contribution is 0.0993. The molecule has 0 bridgehead atoms. The predicted octanol–water partition coefficient (Wildman–Crippen LogP) is 3.74. The van der Waals surface area contributed by atoms with Crippen LogP contribution in [-0.4, -0.2) is 5.78 Å². The van der Waals surface area contributed by atoms with Crippen molar-refractivity contribution in [1.82, 2.24) is 0 Å². The fourth-order valence-electron chi connectivity index (χ4n) is 1.80. The van der Waals surface area contributed by atoms with Crippen molar-refractivity contribution in [3.63, 3.8) is 0 Å². The maximum absolute atomic E-state index is 11.8. The van der Waals surface area contributed by atoms with Crippen LogP contribution < -0.4 is 0 Å². The summed E-state index contributed by atoms with van der Waals surface area (Å²) in [5.74, 6) is 0.280. The summed E-state index contributed by atoms with van der Waals surface area (Å²) in [6.07, 6.45) is 6.36. The van der Waals surface area contributed by atoms with Gasteiger partial charge in [-0.2, -0.15) is 0 Å². The molecular formula is C12H14OS. The molecule has 0 spiro atoms. The molecule has 1 nitrogen and oxygen atoms in total. The van der Waals surface area contributed by atoms with E-state index in [0.717, 1.165) is 18.4 Å². The summed E-state index contributed by atoms with van der Waals surface area (Å²) in [4.78, 5) is 13.0. The Hall–Kier alpha value is -0.890. The smallest absolute Gasteiger partial charge is 0.167 e. The van der Waals surface area contributed by atoms with Gasteiger partial charge in [-0.25, -0.2) is 0 Å². The zero-order valence-electron chi connectivity index (χ0n) is 8.38. The van der Waals surface area contributed by atoms with E-state index < -0.39 is 0 Å². The van der Waals surface area contributed by atoms with Gasteiger partial charge in [-0.05, 0) is 32.3 Å². The lowest BCUT2D eigenvalue weighted by Gasteiger charge is -1.98. The van der Waals surface area contributed by atoms with Crippen LogP contribution in [0.3, 0.4) is 0 Å². The second-order valence-corrected chi connectivity index (χ2v) is 4.92. The van der Waals surface area contributed by atoms with Gasteiger partial charge in [0.1, 0.15) is 0 Å². The summed E-state index contributed by atoms with van der Waals surface area (Å²) < 4.78 is 0. The molecule has 74 valence electrons. The second kappa shape index (κ2) is 4.09. The van der Waals surface area contributed by atoms with Gasteiger partial charge < -0.3 is 0 Å². The van der Waals surface area contributed by atoms with Crippen molar-refractivity contribution in [3.05, 3.63) is 33.5 Å². The van der Waals surface area contributed by atoms with Gasteiger partial charge in [0.25, 0.3) is 0 Å². The average molecular weight is 206 g/mol. The van der Waals surface area contributed by atoms with Gasteiger partial charge >= 0.3 is 0 Å². The number of carbonyl (C=O) groups excluding carboxylic acids is 1. The lowest BCUT2D eigenvalue weighted by atomic mass is 10.1. The first-order valence-electron chi connectivity index (χ1n) is 5.02. The number of aryl methyl sites for hydroxylation is 1. The normalized spacial score (nSPS) is 15.6.